The second-order valence-electron chi connectivity index (χ2n) is 7.43. The molecule has 2 amide bonds. The van der Waals surface area contributed by atoms with Crippen LogP contribution < -0.4 is 10.2 Å². The molecule has 0 radical (unpaired) electrons. The van der Waals surface area contributed by atoms with Crippen molar-refractivity contribution in [3.05, 3.63) is 17.4 Å². The Morgan fingerprint density at radius 2 is 2.07 bits per heavy atom. The van der Waals surface area contributed by atoms with Crippen LogP contribution in [0.2, 0.25) is 0 Å². The number of carbonyl (C=O) groups is 2. The lowest BCUT2D eigenvalue weighted by molar-refractivity contribution is -0.127. The molecule has 150 valence electrons. The zero-order valence-corrected chi connectivity index (χ0v) is 17.6. The first-order valence-electron chi connectivity index (χ1n) is 9.54. The first kappa shape index (κ1) is 19.4. The maximum Gasteiger partial charge on any atom is 0.229 e. The topological polar surface area (TPSA) is 93.0 Å². The highest BCUT2D eigenvalue weighted by Crippen LogP contribution is 2.33. The number of imidazole rings is 1. The predicted molar refractivity (Wildman–Crippen MR) is 108 cm³/mol. The van der Waals surface area contributed by atoms with E-state index in [0.717, 1.165) is 35.8 Å². The molecule has 0 bridgehead atoms. The van der Waals surface area contributed by atoms with Crippen LogP contribution in [-0.4, -0.2) is 49.4 Å². The number of aryl methyl sites for hydroxylation is 2. The average Bonchev–Trinajstić information content (AvgIpc) is 3.38. The van der Waals surface area contributed by atoms with Crippen LogP contribution in [0.15, 0.2) is 17.6 Å². The van der Waals surface area contributed by atoms with Crippen LogP contribution in [0.25, 0.3) is 0 Å². The lowest BCUT2D eigenvalue weighted by atomic mass is 9.94. The summed E-state index contributed by atoms with van der Waals surface area (Å²) >= 11 is 3.20. The van der Waals surface area contributed by atoms with Crippen LogP contribution >= 0.6 is 23.1 Å². The summed E-state index contributed by atoms with van der Waals surface area (Å²) in [5, 5.41) is 14.2. The van der Waals surface area contributed by atoms with Gasteiger partial charge in [-0.1, -0.05) is 23.1 Å². The van der Waals surface area contributed by atoms with Gasteiger partial charge in [-0.3, -0.25) is 14.5 Å². The van der Waals surface area contributed by atoms with E-state index >= 15 is 0 Å². The van der Waals surface area contributed by atoms with E-state index < -0.39 is 0 Å². The van der Waals surface area contributed by atoms with Gasteiger partial charge in [-0.05, 0) is 32.6 Å². The zero-order valence-electron chi connectivity index (χ0n) is 16.0. The number of nitrogens with zero attached hydrogens (tertiary/aromatic N) is 5. The molecular weight excluding hydrogens is 396 g/mol. The molecule has 8 nitrogen and oxygen atoms in total. The molecule has 0 aromatic carbocycles. The third kappa shape index (κ3) is 4.22. The van der Waals surface area contributed by atoms with E-state index in [1.54, 1.807) is 4.90 Å². The number of amides is 2. The quantitative estimate of drug-likeness (QED) is 0.797. The fraction of sp³-hybridized carbons (Fsp3) is 0.611. The first-order valence-corrected chi connectivity index (χ1v) is 11.2. The minimum Gasteiger partial charge on any atom is -0.353 e. The molecule has 4 rings (SSSR count). The van der Waals surface area contributed by atoms with Gasteiger partial charge < -0.3 is 9.88 Å². The van der Waals surface area contributed by atoms with Crippen molar-refractivity contribution < 1.29 is 9.59 Å². The summed E-state index contributed by atoms with van der Waals surface area (Å²) in [6.45, 7) is 2.25. The first-order chi connectivity index (χ1) is 13.5. The second-order valence-corrected chi connectivity index (χ2v) is 9.86. The Bertz CT molecular complexity index is 858. The lowest BCUT2D eigenvalue weighted by Crippen LogP contribution is -2.42. The molecule has 28 heavy (non-hydrogen) atoms. The summed E-state index contributed by atoms with van der Waals surface area (Å²) in [6, 6.07) is 0.193. The van der Waals surface area contributed by atoms with Crippen LogP contribution in [0, 0.1) is 12.8 Å². The molecule has 2 aromatic heterocycles. The highest BCUT2D eigenvalue weighted by Gasteiger charge is 2.37. The van der Waals surface area contributed by atoms with Gasteiger partial charge in [0.25, 0.3) is 0 Å². The molecule has 10 heteroatoms. The number of anilines is 1. The number of carbonyl (C=O) groups excluding carboxylic acids is 2. The van der Waals surface area contributed by atoms with Crippen molar-refractivity contribution >= 4 is 40.0 Å². The molecule has 2 fully saturated rings. The van der Waals surface area contributed by atoms with Crippen molar-refractivity contribution in [1.29, 1.82) is 0 Å². The monoisotopic (exact) mass is 420 g/mol. The highest BCUT2D eigenvalue weighted by atomic mass is 32.2. The summed E-state index contributed by atoms with van der Waals surface area (Å²) in [4.78, 5) is 30.9. The van der Waals surface area contributed by atoms with Gasteiger partial charge in [0.15, 0.2) is 5.16 Å². The average molecular weight is 421 g/mol. The Balaban J connectivity index is 1.26. The summed E-state index contributed by atoms with van der Waals surface area (Å²) < 4.78 is 2.04. The molecule has 1 N–H and O–H groups in total. The molecule has 3 heterocycles. The number of aromatic nitrogens is 4. The van der Waals surface area contributed by atoms with E-state index in [0.29, 0.717) is 16.9 Å². The Morgan fingerprint density at radius 3 is 2.71 bits per heavy atom. The molecule has 1 saturated heterocycles. The van der Waals surface area contributed by atoms with Crippen LogP contribution in [0.4, 0.5) is 5.13 Å². The fourth-order valence-corrected chi connectivity index (χ4v) is 5.59. The van der Waals surface area contributed by atoms with Crippen molar-refractivity contribution in [2.75, 3.05) is 11.4 Å². The maximum atomic E-state index is 12.7. The van der Waals surface area contributed by atoms with Crippen LogP contribution in [0.3, 0.4) is 0 Å². The second kappa shape index (κ2) is 8.20. The van der Waals surface area contributed by atoms with Gasteiger partial charge in [-0.25, -0.2) is 4.98 Å². The number of hydrogen-bond donors (Lipinski definition) is 1. The summed E-state index contributed by atoms with van der Waals surface area (Å²) in [7, 11) is 2.01. The largest absolute Gasteiger partial charge is 0.353 e. The number of hydrogen-bond acceptors (Lipinski definition) is 7. The van der Waals surface area contributed by atoms with Crippen LogP contribution in [0.1, 0.15) is 37.1 Å². The van der Waals surface area contributed by atoms with Crippen LogP contribution in [0.5, 0.6) is 0 Å². The van der Waals surface area contributed by atoms with Gasteiger partial charge >= 0.3 is 0 Å². The summed E-state index contributed by atoms with van der Waals surface area (Å²) in [5.74, 6) is -0.375. The molecule has 2 aliphatic rings. The minimum atomic E-state index is -0.309. The Morgan fingerprint density at radius 1 is 1.29 bits per heavy atom. The highest BCUT2D eigenvalue weighted by molar-refractivity contribution is 7.99. The normalized spacial score (nSPS) is 25.3. The number of thioether (sulfide) groups is 1. The molecular formula is C18H24N6O2S2. The molecule has 1 unspecified atom stereocenters. The van der Waals surface area contributed by atoms with Gasteiger partial charge in [-0.15, -0.1) is 10.2 Å². The van der Waals surface area contributed by atoms with Crippen molar-refractivity contribution in [2.45, 2.75) is 55.5 Å². The standard InChI is InChI=1S/C18H24N6O2S2/c1-11-21-22-18(27-11)24-10-12(9-15(24)25)16(26)20-13-3-5-14(6-4-13)28-17-19-7-8-23(17)2/h7-8,12-14H,3-6,9-10H2,1-2H3,(H,20,26). The smallest absolute Gasteiger partial charge is 0.229 e. The lowest BCUT2D eigenvalue weighted by Gasteiger charge is -2.29. The number of nitrogens with one attached hydrogen (secondary N) is 1. The molecule has 0 spiro atoms. The van der Waals surface area contributed by atoms with Gasteiger partial charge in [0, 0.05) is 43.7 Å². The Labute approximate surface area is 172 Å². The SMILES string of the molecule is Cc1nnc(N2CC(C(=O)NC3CCC(Sc4nccn4C)CC3)CC2=O)s1. The molecule has 1 aliphatic heterocycles. The van der Waals surface area contributed by atoms with E-state index in [4.69, 9.17) is 0 Å². The Hall–Kier alpha value is -1.94. The van der Waals surface area contributed by atoms with Gasteiger partial charge in [0.2, 0.25) is 16.9 Å². The molecule has 1 aliphatic carbocycles. The third-order valence-electron chi connectivity index (χ3n) is 5.31. The summed E-state index contributed by atoms with van der Waals surface area (Å²) in [5.41, 5.74) is 0. The van der Waals surface area contributed by atoms with Gasteiger partial charge in [0.05, 0.1) is 5.92 Å². The molecule has 2 aromatic rings. The van der Waals surface area contributed by atoms with E-state index in [9.17, 15) is 9.59 Å². The van der Waals surface area contributed by atoms with Crippen molar-refractivity contribution in [2.24, 2.45) is 13.0 Å². The molecule has 1 saturated carbocycles. The number of rotatable bonds is 5. The van der Waals surface area contributed by atoms with Crippen molar-refractivity contribution in [3.63, 3.8) is 0 Å². The predicted octanol–water partition coefficient (Wildman–Crippen LogP) is 2.15. The minimum absolute atomic E-state index is 0.0164. The maximum absolute atomic E-state index is 12.7. The van der Waals surface area contributed by atoms with E-state index in [1.807, 2.05) is 42.7 Å². The summed E-state index contributed by atoms with van der Waals surface area (Å²) in [6.07, 6.45) is 8.08. The van der Waals surface area contributed by atoms with Crippen molar-refractivity contribution in [1.82, 2.24) is 25.1 Å². The van der Waals surface area contributed by atoms with E-state index in [2.05, 4.69) is 20.5 Å². The van der Waals surface area contributed by atoms with E-state index in [1.165, 1.54) is 11.3 Å². The van der Waals surface area contributed by atoms with Crippen LogP contribution in [-0.2, 0) is 16.6 Å². The van der Waals surface area contributed by atoms with Crippen molar-refractivity contribution in [3.8, 4) is 0 Å². The third-order valence-corrected chi connectivity index (χ3v) is 7.58. The van der Waals surface area contributed by atoms with Gasteiger partial charge in [-0.2, -0.15) is 0 Å². The molecule has 1 atom stereocenters. The fourth-order valence-electron chi connectivity index (χ4n) is 3.72. The van der Waals surface area contributed by atoms with Gasteiger partial charge in [0.1, 0.15) is 5.01 Å². The van der Waals surface area contributed by atoms with E-state index in [-0.39, 0.29) is 30.2 Å². The zero-order chi connectivity index (χ0) is 19.7. The Kier molecular flexibility index (Phi) is 5.68.